The Balaban J connectivity index is 2.18. The molecule has 1 amide bonds. The van der Waals surface area contributed by atoms with Crippen molar-refractivity contribution in [2.75, 3.05) is 33.4 Å². The summed E-state index contributed by atoms with van der Waals surface area (Å²) < 4.78 is 5.15. The zero-order valence-corrected chi connectivity index (χ0v) is 8.51. The molecule has 3 N–H and O–H groups in total. The van der Waals surface area contributed by atoms with Gasteiger partial charge in [0.05, 0.1) is 12.1 Å². The Hall–Kier alpha value is -0.650. The third-order valence-electron chi connectivity index (χ3n) is 2.44. The molecule has 0 saturated carbocycles. The summed E-state index contributed by atoms with van der Waals surface area (Å²) >= 11 is 0. The molecule has 0 aromatic heterocycles. The average molecular weight is 202 g/mol. The summed E-state index contributed by atoms with van der Waals surface area (Å²) in [4.78, 5) is 10.9. The van der Waals surface area contributed by atoms with Crippen LogP contribution in [0.3, 0.4) is 0 Å². The number of amides is 1. The smallest absolute Gasteiger partial charge is 0.233 e. The van der Waals surface area contributed by atoms with Gasteiger partial charge >= 0.3 is 0 Å². The van der Waals surface area contributed by atoms with Crippen molar-refractivity contribution in [2.24, 2.45) is 0 Å². The predicted octanol–water partition coefficient (Wildman–Crippen LogP) is -1.14. The highest BCUT2D eigenvalue weighted by Gasteiger charge is 2.29. The number of hydrogen-bond acceptors (Lipinski definition) is 4. The molecule has 0 unspecified atom stereocenters. The van der Waals surface area contributed by atoms with Crippen LogP contribution in [0.4, 0.5) is 0 Å². The van der Waals surface area contributed by atoms with E-state index in [9.17, 15) is 9.90 Å². The van der Waals surface area contributed by atoms with E-state index >= 15 is 0 Å². The first-order valence-corrected chi connectivity index (χ1v) is 4.88. The highest BCUT2D eigenvalue weighted by Crippen LogP contribution is 2.18. The van der Waals surface area contributed by atoms with Crippen LogP contribution in [0.2, 0.25) is 0 Å². The SMILES string of the molecule is CNC(=O)CNCC1(O)CCOCC1. The molecular weight excluding hydrogens is 184 g/mol. The van der Waals surface area contributed by atoms with Gasteiger partial charge < -0.3 is 20.5 Å². The standard InChI is InChI=1S/C9H18N2O3/c1-10-8(12)6-11-7-9(13)2-4-14-5-3-9/h11,13H,2-7H2,1H3,(H,10,12). The van der Waals surface area contributed by atoms with Gasteiger partial charge in [0.15, 0.2) is 0 Å². The number of nitrogens with one attached hydrogen (secondary N) is 2. The van der Waals surface area contributed by atoms with E-state index in [-0.39, 0.29) is 12.5 Å². The van der Waals surface area contributed by atoms with E-state index in [1.165, 1.54) is 0 Å². The first-order valence-electron chi connectivity index (χ1n) is 4.88. The maximum atomic E-state index is 10.9. The summed E-state index contributed by atoms with van der Waals surface area (Å²) in [6.07, 6.45) is 1.27. The molecule has 1 fully saturated rings. The molecule has 1 heterocycles. The van der Waals surface area contributed by atoms with E-state index in [1.54, 1.807) is 7.05 Å². The van der Waals surface area contributed by atoms with Crippen LogP contribution in [0.5, 0.6) is 0 Å². The van der Waals surface area contributed by atoms with Crippen molar-refractivity contribution in [3.63, 3.8) is 0 Å². The Morgan fingerprint density at radius 1 is 1.50 bits per heavy atom. The number of rotatable bonds is 4. The van der Waals surface area contributed by atoms with Crippen LogP contribution in [0.25, 0.3) is 0 Å². The summed E-state index contributed by atoms with van der Waals surface area (Å²) in [6, 6.07) is 0. The third-order valence-corrected chi connectivity index (χ3v) is 2.44. The predicted molar refractivity (Wildman–Crippen MR) is 51.9 cm³/mol. The van der Waals surface area contributed by atoms with Gasteiger partial charge in [0.2, 0.25) is 5.91 Å². The molecule has 5 nitrogen and oxygen atoms in total. The van der Waals surface area contributed by atoms with Crippen molar-refractivity contribution in [1.82, 2.24) is 10.6 Å². The number of likely N-dealkylation sites (N-methyl/N-ethyl adjacent to an activating group) is 1. The van der Waals surface area contributed by atoms with Crippen molar-refractivity contribution < 1.29 is 14.6 Å². The quantitative estimate of drug-likeness (QED) is 0.539. The van der Waals surface area contributed by atoms with Crippen molar-refractivity contribution in [3.8, 4) is 0 Å². The molecule has 0 aliphatic carbocycles. The minimum absolute atomic E-state index is 0.0688. The van der Waals surface area contributed by atoms with E-state index in [0.29, 0.717) is 32.6 Å². The lowest BCUT2D eigenvalue weighted by molar-refractivity contribution is -0.120. The lowest BCUT2D eigenvalue weighted by Gasteiger charge is -2.32. The third kappa shape index (κ3) is 3.61. The van der Waals surface area contributed by atoms with Crippen LogP contribution in [0, 0.1) is 0 Å². The Kier molecular flexibility index (Phi) is 4.31. The van der Waals surface area contributed by atoms with Gasteiger partial charge in [-0.15, -0.1) is 0 Å². The van der Waals surface area contributed by atoms with Crippen LogP contribution < -0.4 is 10.6 Å². The molecule has 5 heteroatoms. The van der Waals surface area contributed by atoms with Crippen LogP contribution in [0.1, 0.15) is 12.8 Å². The Labute approximate surface area is 83.8 Å². The van der Waals surface area contributed by atoms with Crippen LogP contribution >= 0.6 is 0 Å². The second-order valence-corrected chi connectivity index (χ2v) is 3.61. The zero-order valence-electron chi connectivity index (χ0n) is 8.51. The summed E-state index contributed by atoms with van der Waals surface area (Å²) in [5.74, 6) is -0.0688. The second kappa shape index (κ2) is 5.29. The molecule has 0 radical (unpaired) electrons. The van der Waals surface area contributed by atoms with Gasteiger partial charge in [-0.05, 0) is 0 Å². The lowest BCUT2D eigenvalue weighted by atomic mass is 9.94. The first kappa shape index (κ1) is 11.4. The van der Waals surface area contributed by atoms with E-state index in [2.05, 4.69) is 10.6 Å². The minimum atomic E-state index is -0.702. The molecular formula is C9H18N2O3. The van der Waals surface area contributed by atoms with Crippen LogP contribution in [-0.2, 0) is 9.53 Å². The Morgan fingerprint density at radius 2 is 2.14 bits per heavy atom. The van der Waals surface area contributed by atoms with Crippen molar-refractivity contribution >= 4 is 5.91 Å². The van der Waals surface area contributed by atoms with E-state index in [4.69, 9.17) is 4.74 Å². The first-order chi connectivity index (χ1) is 6.66. The topological polar surface area (TPSA) is 70.6 Å². The zero-order chi connectivity index (χ0) is 10.4. The summed E-state index contributed by atoms with van der Waals surface area (Å²) in [5, 5.41) is 15.4. The van der Waals surface area contributed by atoms with Crippen molar-refractivity contribution in [2.45, 2.75) is 18.4 Å². The number of carbonyl (C=O) groups is 1. The second-order valence-electron chi connectivity index (χ2n) is 3.61. The Bertz CT molecular complexity index is 190. The number of ether oxygens (including phenoxy) is 1. The van der Waals surface area contributed by atoms with E-state index < -0.39 is 5.60 Å². The minimum Gasteiger partial charge on any atom is -0.388 e. The van der Waals surface area contributed by atoms with Gasteiger partial charge in [0, 0.05) is 39.6 Å². The molecule has 0 aromatic rings. The fourth-order valence-electron chi connectivity index (χ4n) is 1.43. The molecule has 1 aliphatic heterocycles. The molecule has 0 aromatic carbocycles. The highest BCUT2D eigenvalue weighted by molar-refractivity contribution is 5.77. The van der Waals surface area contributed by atoms with Gasteiger partial charge in [-0.3, -0.25) is 4.79 Å². The molecule has 82 valence electrons. The molecule has 1 aliphatic rings. The molecule has 0 bridgehead atoms. The largest absolute Gasteiger partial charge is 0.388 e. The van der Waals surface area contributed by atoms with Crippen LogP contribution in [0.15, 0.2) is 0 Å². The van der Waals surface area contributed by atoms with E-state index in [0.717, 1.165) is 0 Å². The monoisotopic (exact) mass is 202 g/mol. The molecule has 0 spiro atoms. The van der Waals surface area contributed by atoms with E-state index in [1.807, 2.05) is 0 Å². The summed E-state index contributed by atoms with van der Waals surface area (Å²) in [6.45, 7) is 1.89. The molecule has 1 rings (SSSR count). The average Bonchev–Trinajstić information content (AvgIpc) is 2.18. The van der Waals surface area contributed by atoms with Crippen molar-refractivity contribution in [3.05, 3.63) is 0 Å². The van der Waals surface area contributed by atoms with Gasteiger partial charge in [0.1, 0.15) is 0 Å². The van der Waals surface area contributed by atoms with Crippen LogP contribution in [-0.4, -0.2) is 50.0 Å². The highest BCUT2D eigenvalue weighted by atomic mass is 16.5. The summed E-state index contributed by atoms with van der Waals surface area (Å²) in [5.41, 5.74) is -0.702. The number of hydrogen-bond donors (Lipinski definition) is 3. The van der Waals surface area contributed by atoms with Crippen molar-refractivity contribution in [1.29, 1.82) is 0 Å². The summed E-state index contributed by atoms with van der Waals surface area (Å²) in [7, 11) is 1.59. The Morgan fingerprint density at radius 3 is 2.71 bits per heavy atom. The maximum Gasteiger partial charge on any atom is 0.233 e. The van der Waals surface area contributed by atoms with Gasteiger partial charge in [-0.2, -0.15) is 0 Å². The lowest BCUT2D eigenvalue weighted by Crippen LogP contribution is -2.47. The normalized spacial score (nSPS) is 20.4. The fourth-order valence-corrected chi connectivity index (χ4v) is 1.43. The molecule has 14 heavy (non-hydrogen) atoms. The maximum absolute atomic E-state index is 10.9. The molecule has 0 atom stereocenters. The fraction of sp³-hybridized carbons (Fsp3) is 0.889. The number of carbonyl (C=O) groups excluding carboxylic acids is 1. The van der Waals surface area contributed by atoms with Gasteiger partial charge in [-0.25, -0.2) is 0 Å². The molecule has 1 saturated heterocycles. The van der Waals surface area contributed by atoms with Gasteiger partial charge in [0.25, 0.3) is 0 Å². The van der Waals surface area contributed by atoms with Gasteiger partial charge in [-0.1, -0.05) is 0 Å². The number of aliphatic hydroxyl groups is 1.